The minimum absolute atomic E-state index is 0.0530. The van der Waals surface area contributed by atoms with Crippen molar-refractivity contribution >= 4 is 38.3 Å². The molecule has 1 saturated heterocycles. The first kappa shape index (κ1) is 25.2. The molecule has 0 bridgehead atoms. The Morgan fingerprint density at radius 2 is 2.03 bits per heavy atom. The van der Waals surface area contributed by atoms with E-state index in [0.717, 1.165) is 4.90 Å². The molecule has 3 rings (SSSR count). The summed E-state index contributed by atoms with van der Waals surface area (Å²) < 4.78 is 48.5. The van der Waals surface area contributed by atoms with Crippen LogP contribution < -0.4 is 15.4 Å². The van der Waals surface area contributed by atoms with Crippen molar-refractivity contribution in [2.75, 3.05) is 30.3 Å². The van der Waals surface area contributed by atoms with Crippen LogP contribution in [0.15, 0.2) is 29.3 Å². The van der Waals surface area contributed by atoms with Crippen molar-refractivity contribution in [2.24, 2.45) is 0 Å². The number of alkyl halides is 1. The van der Waals surface area contributed by atoms with Gasteiger partial charge in [-0.25, -0.2) is 27.3 Å². The molecule has 2 heterocycles. The van der Waals surface area contributed by atoms with Crippen LogP contribution in [0.4, 0.5) is 20.0 Å². The Morgan fingerprint density at radius 1 is 1.33 bits per heavy atom. The number of nitrogens with zero attached hydrogens (tertiary/aromatic N) is 3. The molecule has 1 aromatic carbocycles. The molecular formula is C21H30FN5O4S2. The van der Waals surface area contributed by atoms with E-state index in [0.29, 0.717) is 27.8 Å². The van der Waals surface area contributed by atoms with Gasteiger partial charge >= 0.3 is 6.09 Å². The molecule has 0 spiro atoms. The molecule has 1 atom stereocenters. The van der Waals surface area contributed by atoms with Gasteiger partial charge in [-0.3, -0.25) is 4.90 Å². The topological polar surface area (TPSA) is 118 Å². The van der Waals surface area contributed by atoms with Gasteiger partial charge in [0, 0.05) is 36.1 Å². The predicted molar refractivity (Wildman–Crippen MR) is 127 cm³/mol. The van der Waals surface area contributed by atoms with E-state index in [2.05, 4.69) is 9.71 Å². The summed E-state index contributed by atoms with van der Waals surface area (Å²) in [6, 6.07) is 4.68. The van der Waals surface area contributed by atoms with Gasteiger partial charge < -0.3 is 15.4 Å². The number of halogens is 1. The number of thiazole rings is 1. The second-order valence-corrected chi connectivity index (χ2v) is 11.8. The number of ether oxygens (including phenoxy) is 1. The zero-order valence-corrected chi connectivity index (χ0v) is 21.0. The summed E-state index contributed by atoms with van der Waals surface area (Å²) in [6.07, 6.45) is -0.989. The Balaban J connectivity index is 1.84. The summed E-state index contributed by atoms with van der Waals surface area (Å²) in [6.45, 7) is 9.15. The molecule has 1 aliphatic rings. The first-order chi connectivity index (χ1) is 15.3. The van der Waals surface area contributed by atoms with Crippen molar-refractivity contribution in [1.82, 2.24) is 14.6 Å². The van der Waals surface area contributed by atoms with Gasteiger partial charge in [0.15, 0.2) is 11.4 Å². The van der Waals surface area contributed by atoms with Gasteiger partial charge in [-0.1, -0.05) is 17.4 Å². The average Bonchev–Trinajstić information content (AvgIpc) is 3.15. The summed E-state index contributed by atoms with van der Waals surface area (Å²) in [5.74, 6) is 0. The number of carbonyl (C=O) groups is 1. The van der Waals surface area contributed by atoms with Gasteiger partial charge in [-0.2, -0.15) is 0 Å². The zero-order chi connectivity index (χ0) is 24.6. The highest BCUT2D eigenvalue weighted by atomic mass is 32.2. The number of sulfonamides is 1. The first-order valence-electron chi connectivity index (χ1n) is 10.5. The summed E-state index contributed by atoms with van der Waals surface area (Å²) in [5.41, 5.74) is 5.98. The number of amides is 1. The van der Waals surface area contributed by atoms with Gasteiger partial charge in [0.05, 0.1) is 22.4 Å². The van der Waals surface area contributed by atoms with E-state index >= 15 is 0 Å². The van der Waals surface area contributed by atoms with Crippen LogP contribution in [0, 0.1) is 0 Å². The second-order valence-electron chi connectivity index (χ2n) is 9.12. The number of anilines is 2. The molecule has 1 unspecified atom stereocenters. The molecule has 0 radical (unpaired) electrons. The minimum Gasteiger partial charge on any atom is -0.447 e. The van der Waals surface area contributed by atoms with Crippen LogP contribution in [0.5, 0.6) is 0 Å². The number of aromatic nitrogens is 1. The molecule has 9 nitrogen and oxygen atoms in total. The van der Waals surface area contributed by atoms with E-state index in [4.69, 9.17) is 10.5 Å². The molecule has 1 amide bonds. The van der Waals surface area contributed by atoms with Gasteiger partial charge in [0.2, 0.25) is 10.0 Å². The molecule has 3 N–H and O–H groups in total. The summed E-state index contributed by atoms with van der Waals surface area (Å²) in [7, 11) is -3.85. The number of nitrogens with one attached hydrogen (secondary N) is 1. The highest BCUT2D eigenvalue weighted by Gasteiger charge is 2.33. The number of piperazine rings is 1. The number of rotatable bonds is 5. The van der Waals surface area contributed by atoms with Crippen molar-refractivity contribution in [3.63, 3.8) is 0 Å². The number of nitrogens with two attached hydrogens (primary N) is 1. The number of carbonyl (C=O) groups excluding carboxylic acids is 1. The van der Waals surface area contributed by atoms with Crippen LogP contribution in [0.2, 0.25) is 0 Å². The van der Waals surface area contributed by atoms with Gasteiger partial charge in [-0.05, 0) is 46.8 Å². The van der Waals surface area contributed by atoms with Crippen LogP contribution in [0.1, 0.15) is 34.6 Å². The smallest absolute Gasteiger partial charge is 0.412 e. The van der Waals surface area contributed by atoms with Crippen LogP contribution in [0.25, 0.3) is 10.4 Å². The maximum atomic E-state index is 14.7. The molecule has 12 heteroatoms. The van der Waals surface area contributed by atoms with Crippen LogP contribution >= 0.6 is 11.3 Å². The lowest BCUT2D eigenvalue weighted by atomic mass is 10.1. The van der Waals surface area contributed by atoms with Crippen LogP contribution in [-0.2, 0) is 14.8 Å². The van der Waals surface area contributed by atoms with Crippen molar-refractivity contribution in [1.29, 1.82) is 0 Å². The number of nitrogen functional groups attached to an aromatic ring is 1. The van der Waals surface area contributed by atoms with Gasteiger partial charge in [0.1, 0.15) is 0 Å². The highest BCUT2D eigenvalue weighted by molar-refractivity contribution is 7.89. The fraction of sp³-hybridized carbons (Fsp3) is 0.524. The molecule has 1 aromatic heterocycles. The first-order valence-corrected chi connectivity index (χ1v) is 12.8. The molecule has 0 aliphatic carbocycles. The SMILES string of the molecule is CC(C)OC(=O)N1CCN(c2ncc(-c3ccc(N)cc3S(=O)(=O)NC(C)(C)C)s2)CC1F. The van der Waals surface area contributed by atoms with E-state index in [1.54, 1.807) is 57.8 Å². The Bertz CT molecular complexity index is 1110. The molecule has 1 fully saturated rings. The zero-order valence-electron chi connectivity index (χ0n) is 19.3. The molecule has 0 saturated carbocycles. The van der Waals surface area contributed by atoms with E-state index < -0.39 is 28.0 Å². The monoisotopic (exact) mass is 499 g/mol. The maximum Gasteiger partial charge on any atom is 0.412 e. The standard InChI is InChI=1S/C21H30FN5O4S2/c1-13(2)31-20(28)27-9-8-26(12-18(27)22)19-24-11-16(32-19)15-7-6-14(23)10-17(15)33(29,30)25-21(3,4)5/h6-7,10-11,13,18,25H,8-9,12,23H2,1-5H3. The highest BCUT2D eigenvalue weighted by Crippen LogP contribution is 2.37. The van der Waals surface area contributed by atoms with E-state index in [9.17, 15) is 17.6 Å². The molecular weight excluding hydrogens is 469 g/mol. The fourth-order valence-corrected chi connectivity index (χ4v) is 6.08. The average molecular weight is 500 g/mol. The van der Waals surface area contributed by atoms with Gasteiger partial charge in [-0.15, -0.1) is 0 Å². The summed E-state index contributed by atoms with van der Waals surface area (Å²) in [4.78, 5) is 19.9. The van der Waals surface area contributed by atoms with E-state index in [1.807, 2.05) is 0 Å². The predicted octanol–water partition coefficient (Wildman–Crippen LogP) is 3.43. The third kappa shape index (κ3) is 6.12. The number of hydrogen-bond donors (Lipinski definition) is 2. The van der Waals surface area contributed by atoms with Crippen molar-refractivity contribution in [2.45, 2.75) is 57.5 Å². The Hall–Kier alpha value is -2.44. The number of benzene rings is 1. The fourth-order valence-electron chi connectivity index (χ4n) is 3.35. The normalized spacial score (nSPS) is 17.5. The summed E-state index contributed by atoms with van der Waals surface area (Å²) >= 11 is 1.25. The number of hydrogen-bond acceptors (Lipinski definition) is 8. The van der Waals surface area contributed by atoms with Crippen molar-refractivity contribution in [3.05, 3.63) is 24.4 Å². The second kappa shape index (κ2) is 9.43. The lowest BCUT2D eigenvalue weighted by molar-refractivity contribution is 0.0272. The quantitative estimate of drug-likeness (QED) is 0.478. The molecule has 182 valence electrons. The maximum absolute atomic E-state index is 14.7. The Morgan fingerprint density at radius 3 is 2.64 bits per heavy atom. The van der Waals surface area contributed by atoms with Gasteiger partial charge in [0.25, 0.3) is 0 Å². The van der Waals surface area contributed by atoms with E-state index in [-0.39, 0.29) is 24.1 Å². The Kier molecular flexibility index (Phi) is 7.20. The minimum atomic E-state index is -3.85. The molecule has 33 heavy (non-hydrogen) atoms. The summed E-state index contributed by atoms with van der Waals surface area (Å²) in [5, 5.41) is 0.536. The van der Waals surface area contributed by atoms with Crippen molar-refractivity contribution < 1.29 is 22.3 Å². The molecule has 2 aromatic rings. The van der Waals surface area contributed by atoms with Crippen molar-refractivity contribution in [3.8, 4) is 10.4 Å². The lowest BCUT2D eigenvalue weighted by Crippen LogP contribution is -2.54. The lowest BCUT2D eigenvalue weighted by Gasteiger charge is -2.36. The third-order valence-electron chi connectivity index (χ3n) is 4.66. The van der Waals surface area contributed by atoms with Crippen LogP contribution in [-0.4, -0.2) is 62.0 Å². The van der Waals surface area contributed by atoms with Crippen LogP contribution in [0.3, 0.4) is 0 Å². The molecule has 1 aliphatic heterocycles. The largest absolute Gasteiger partial charge is 0.447 e. The third-order valence-corrected chi connectivity index (χ3v) is 7.55. The Labute approximate surface area is 197 Å². The van der Waals surface area contributed by atoms with E-state index in [1.165, 1.54) is 17.4 Å².